The van der Waals surface area contributed by atoms with Crippen molar-refractivity contribution in [1.29, 1.82) is 0 Å². The lowest BCUT2D eigenvalue weighted by molar-refractivity contribution is 0.0697. The minimum Gasteiger partial charge on any atom is -0.478 e. The zero-order valence-electron chi connectivity index (χ0n) is 11.6. The molecule has 0 radical (unpaired) electrons. The van der Waals surface area contributed by atoms with Crippen LogP contribution in [0.15, 0.2) is 18.2 Å². The van der Waals surface area contributed by atoms with Crippen molar-refractivity contribution in [3.8, 4) is 0 Å². The van der Waals surface area contributed by atoms with Crippen LogP contribution < -0.4 is 10.6 Å². The van der Waals surface area contributed by atoms with Gasteiger partial charge in [-0.05, 0) is 42.9 Å². The van der Waals surface area contributed by atoms with Crippen LogP contribution in [-0.2, 0) is 0 Å². The highest BCUT2D eigenvalue weighted by molar-refractivity contribution is 5.95. The average Bonchev–Trinajstić information content (AvgIpc) is 2.49. The van der Waals surface area contributed by atoms with Crippen molar-refractivity contribution >= 4 is 17.3 Å². The second-order valence-electron chi connectivity index (χ2n) is 6.09. The van der Waals surface area contributed by atoms with E-state index in [1.807, 2.05) is 0 Å². The number of hydrogen-bond acceptors (Lipinski definition) is 3. The Morgan fingerprint density at radius 1 is 1.32 bits per heavy atom. The molecular formula is C15H22N2O2. The number of nitrogen functional groups attached to an aromatic ring is 1. The zero-order chi connectivity index (χ0) is 14.0. The topological polar surface area (TPSA) is 66.6 Å². The Morgan fingerprint density at radius 3 is 2.74 bits per heavy atom. The van der Waals surface area contributed by atoms with Gasteiger partial charge in [0.05, 0.1) is 11.3 Å². The normalized spacial score (nSPS) is 18.9. The second-order valence-corrected chi connectivity index (χ2v) is 6.09. The van der Waals surface area contributed by atoms with Gasteiger partial charge < -0.3 is 15.7 Å². The molecule has 3 N–H and O–H groups in total. The SMILES string of the molecule is CC1(C)CCCN(c2cc(N)ccc2C(=O)O)CC1. The van der Waals surface area contributed by atoms with E-state index in [1.165, 1.54) is 6.42 Å². The van der Waals surface area contributed by atoms with E-state index in [0.717, 1.165) is 31.6 Å². The van der Waals surface area contributed by atoms with Crippen LogP contribution in [0.5, 0.6) is 0 Å². The molecule has 1 aliphatic heterocycles. The number of nitrogens with two attached hydrogens (primary N) is 1. The molecule has 0 atom stereocenters. The van der Waals surface area contributed by atoms with E-state index >= 15 is 0 Å². The van der Waals surface area contributed by atoms with Crippen LogP contribution in [0, 0.1) is 5.41 Å². The lowest BCUT2D eigenvalue weighted by Crippen LogP contribution is -2.27. The number of aromatic carboxylic acids is 1. The highest BCUT2D eigenvalue weighted by Gasteiger charge is 2.25. The highest BCUT2D eigenvalue weighted by atomic mass is 16.4. The summed E-state index contributed by atoms with van der Waals surface area (Å²) in [6.45, 7) is 6.33. The first-order valence-corrected chi connectivity index (χ1v) is 6.77. The van der Waals surface area contributed by atoms with Gasteiger partial charge in [-0.15, -0.1) is 0 Å². The summed E-state index contributed by atoms with van der Waals surface area (Å²) in [4.78, 5) is 13.5. The van der Waals surface area contributed by atoms with Crippen LogP contribution in [-0.4, -0.2) is 24.2 Å². The average molecular weight is 262 g/mol. The van der Waals surface area contributed by atoms with E-state index < -0.39 is 5.97 Å². The molecule has 1 heterocycles. The second kappa shape index (κ2) is 5.11. The number of anilines is 2. The van der Waals surface area contributed by atoms with Crippen molar-refractivity contribution in [3.63, 3.8) is 0 Å². The number of rotatable bonds is 2. The Morgan fingerprint density at radius 2 is 2.05 bits per heavy atom. The van der Waals surface area contributed by atoms with E-state index in [-0.39, 0.29) is 0 Å². The summed E-state index contributed by atoms with van der Waals surface area (Å²) < 4.78 is 0. The summed E-state index contributed by atoms with van der Waals surface area (Å²) in [6.07, 6.45) is 3.33. The Balaban J connectivity index is 2.30. The Bertz CT molecular complexity index is 483. The molecule has 1 aliphatic rings. The summed E-state index contributed by atoms with van der Waals surface area (Å²) in [5.74, 6) is -0.890. The molecule has 19 heavy (non-hydrogen) atoms. The van der Waals surface area contributed by atoms with Crippen LogP contribution >= 0.6 is 0 Å². The monoisotopic (exact) mass is 262 g/mol. The van der Waals surface area contributed by atoms with E-state index in [2.05, 4.69) is 18.7 Å². The minimum absolute atomic E-state index is 0.332. The van der Waals surface area contributed by atoms with Gasteiger partial charge in [0.15, 0.2) is 0 Å². The summed E-state index contributed by atoms with van der Waals surface area (Å²) >= 11 is 0. The summed E-state index contributed by atoms with van der Waals surface area (Å²) in [6, 6.07) is 5.03. The molecule has 0 amide bonds. The van der Waals surface area contributed by atoms with Gasteiger partial charge in [0.25, 0.3) is 0 Å². The van der Waals surface area contributed by atoms with E-state index in [9.17, 15) is 9.90 Å². The van der Waals surface area contributed by atoms with Gasteiger partial charge in [0.1, 0.15) is 0 Å². The maximum atomic E-state index is 11.3. The van der Waals surface area contributed by atoms with Gasteiger partial charge in [-0.2, -0.15) is 0 Å². The largest absolute Gasteiger partial charge is 0.478 e. The highest BCUT2D eigenvalue weighted by Crippen LogP contribution is 2.33. The first-order valence-electron chi connectivity index (χ1n) is 6.77. The maximum Gasteiger partial charge on any atom is 0.337 e. The Kier molecular flexibility index (Phi) is 3.69. The van der Waals surface area contributed by atoms with Crippen molar-refractivity contribution in [2.75, 3.05) is 23.7 Å². The molecule has 104 valence electrons. The molecule has 4 nitrogen and oxygen atoms in total. The van der Waals surface area contributed by atoms with Crippen molar-refractivity contribution in [1.82, 2.24) is 0 Å². The van der Waals surface area contributed by atoms with Crippen LogP contribution in [0.3, 0.4) is 0 Å². The quantitative estimate of drug-likeness (QED) is 0.804. The molecule has 0 unspecified atom stereocenters. The Hall–Kier alpha value is -1.71. The number of carboxylic acid groups (broad SMARTS) is 1. The number of carboxylic acids is 1. The Labute approximate surface area is 114 Å². The molecule has 1 aromatic rings. The van der Waals surface area contributed by atoms with Crippen LogP contribution in [0.1, 0.15) is 43.5 Å². The smallest absolute Gasteiger partial charge is 0.337 e. The lowest BCUT2D eigenvalue weighted by atomic mass is 9.85. The fourth-order valence-corrected chi connectivity index (χ4v) is 2.65. The molecular weight excluding hydrogens is 240 g/mol. The molecule has 1 saturated heterocycles. The van der Waals surface area contributed by atoms with Crippen molar-refractivity contribution < 1.29 is 9.90 Å². The van der Waals surface area contributed by atoms with Gasteiger partial charge in [0, 0.05) is 18.8 Å². The first kappa shape index (κ1) is 13.7. The third kappa shape index (κ3) is 3.19. The molecule has 0 aromatic heterocycles. The third-order valence-electron chi connectivity index (χ3n) is 3.93. The fraction of sp³-hybridized carbons (Fsp3) is 0.533. The predicted molar refractivity (Wildman–Crippen MR) is 77.7 cm³/mol. The summed E-state index contributed by atoms with van der Waals surface area (Å²) in [5.41, 5.74) is 7.85. The standard InChI is InChI=1S/C15H22N2O2/c1-15(2)6-3-8-17(9-7-15)13-10-11(16)4-5-12(13)14(18)19/h4-5,10H,3,6-9,16H2,1-2H3,(H,18,19). The van der Waals surface area contributed by atoms with Crippen LogP contribution in [0.2, 0.25) is 0 Å². The van der Waals surface area contributed by atoms with Crippen molar-refractivity contribution in [2.45, 2.75) is 33.1 Å². The molecule has 0 saturated carbocycles. The zero-order valence-corrected chi connectivity index (χ0v) is 11.6. The fourth-order valence-electron chi connectivity index (χ4n) is 2.65. The van der Waals surface area contributed by atoms with Gasteiger partial charge in [0.2, 0.25) is 0 Å². The lowest BCUT2D eigenvalue weighted by Gasteiger charge is -2.26. The van der Waals surface area contributed by atoms with Crippen molar-refractivity contribution in [2.24, 2.45) is 5.41 Å². The maximum absolute atomic E-state index is 11.3. The molecule has 0 aliphatic carbocycles. The van der Waals surface area contributed by atoms with Crippen LogP contribution in [0.4, 0.5) is 11.4 Å². The van der Waals surface area contributed by atoms with Gasteiger partial charge >= 0.3 is 5.97 Å². The van der Waals surface area contributed by atoms with E-state index in [4.69, 9.17) is 5.73 Å². The van der Waals surface area contributed by atoms with Crippen LogP contribution in [0.25, 0.3) is 0 Å². The van der Waals surface area contributed by atoms with Gasteiger partial charge in [-0.1, -0.05) is 13.8 Å². The summed E-state index contributed by atoms with van der Waals surface area (Å²) in [5, 5.41) is 9.29. The first-order chi connectivity index (χ1) is 8.89. The number of carbonyl (C=O) groups is 1. The summed E-state index contributed by atoms with van der Waals surface area (Å²) in [7, 11) is 0. The molecule has 1 aromatic carbocycles. The third-order valence-corrected chi connectivity index (χ3v) is 3.93. The van der Waals surface area contributed by atoms with E-state index in [0.29, 0.717) is 16.7 Å². The minimum atomic E-state index is -0.890. The van der Waals surface area contributed by atoms with Crippen molar-refractivity contribution in [3.05, 3.63) is 23.8 Å². The van der Waals surface area contributed by atoms with E-state index in [1.54, 1.807) is 18.2 Å². The van der Waals surface area contributed by atoms with Gasteiger partial charge in [-0.3, -0.25) is 0 Å². The molecule has 2 rings (SSSR count). The number of nitrogens with zero attached hydrogens (tertiary/aromatic N) is 1. The predicted octanol–water partition coefficient (Wildman–Crippen LogP) is 2.98. The molecule has 4 heteroatoms. The molecule has 1 fully saturated rings. The molecule has 0 bridgehead atoms. The number of benzene rings is 1. The molecule has 0 spiro atoms. The number of hydrogen-bond donors (Lipinski definition) is 2. The van der Waals surface area contributed by atoms with Gasteiger partial charge in [-0.25, -0.2) is 4.79 Å².